The normalized spacial score (nSPS) is 25.5. The SMILES string of the molecule is NNC(CSc1ccccc1Cl)C1CCOC2(CCC2)C1. The van der Waals surface area contributed by atoms with Crippen molar-refractivity contribution in [2.75, 3.05) is 12.4 Å². The van der Waals surface area contributed by atoms with Gasteiger partial charge < -0.3 is 4.74 Å². The van der Waals surface area contributed by atoms with Crippen LogP contribution in [0.15, 0.2) is 29.2 Å². The molecule has 5 heteroatoms. The van der Waals surface area contributed by atoms with Gasteiger partial charge in [0.05, 0.1) is 10.6 Å². The molecule has 3 N–H and O–H groups in total. The first-order valence-electron chi connectivity index (χ1n) is 7.70. The van der Waals surface area contributed by atoms with Crippen molar-refractivity contribution in [2.45, 2.75) is 48.6 Å². The maximum absolute atomic E-state index is 6.22. The third kappa shape index (κ3) is 3.57. The number of rotatable bonds is 5. The number of hydrogen-bond acceptors (Lipinski definition) is 4. The summed E-state index contributed by atoms with van der Waals surface area (Å²) >= 11 is 8.00. The van der Waals surface area contributed by atoms with E-state index in [0.29, 0.717) is 12.0 Å². The molecule has 2 atom stereocenters. The minimum Gasteiger partial charge on any atom is -0.375 e. The fourth-order valence-corrected chi connectivity index (χ4v) is 4.80. The quantitative estimate of drug-likeness (QED) is 0.493. The zero-order chi connectivity index (χ0) is 14.7. The van der Waals surface area contributed by atoms with E-state index >= 15 is 0 Å². The Balaban J connectivity index is 1.58. The van der Waals surface area contributed by atoms with E-state index in [4.69, 9.17) is 22.2 Å². The maximum Gasteiger partial charge on any atom is 0.0685 e. The van der Waals surface area contributed by atoms with Crippen LogP contribution in [0.1, 0.15) is 32.1 Å². The lowest BCUT2D eigenvalue weighted by Gasteiger charge is -2.48. The molecule has 116 valence electrons. The van der Waals surface area contributed by atoms with Gasteiger partial charge >= 0.3 is 0 Å². The van der Waals surface area contributed by atoms with Crippen molar-refractivity contribution in [1.82, 2.24) is 5.43 Å². The van der Waals surface area contributed by atoms with Crippen LogP contribution in [-0.4, -0.2) is 24.0 Å². The summed E-state index contributed by atoms with van der Waals surface area (Å²) in [5.41, 5.74) is 3.20. The molecule has 0 amide bonds. The number of nitrogens with one attached hydrogen (secondary N) is 1. The van der Waals surface area contributed by atoms with Crippen LogP contribution in [0.25, 0.3) is 0 Å². The van der Waals surface area contributed by atoms with Gasteiger partial charge in [-0.1, -0.05) is 23.7 Å². The Bertz CT molecular complexity index is 481. The summed E-state index contributed by atoms with van der Waals surface area (Å²) in [6.45, 7) is 0.875. The summed E-state index contributed by atoms with van der Waals surface area (Å²) < 4.78 is 6.01. The predicted octanol–water partition coefficient (Wildman–Crippen LogP) is 3.61. The van der Waals surface area contributed by atoms with E-state index in [2.05, 4.69) is 11.5 Å². The fraction of sp³-hybridized carbons (Fsp3) is 0.625. The molecule has 3 nitrogen and oxygen atoms in total. The zero-order valence-corrected chi connectivity index (χ0v) is 13.8. The van der Waals surface area contributed by atoms with Gasteiger partial charge in [-0.2, -0.15) is 0 Å². The molecule has 1 aliphatic heterocycles. The molecule has 2 unspecified atom stereocenters. The molecule has 1 aliphatic carbocycles. The van der Waals surface area contributed by atoms with Crippen LogP contribution in [0.2, 0.25) is 5.02 Å². The van der Waals surface area contributed by atoms with Crippen molar-refractivity contribution >= 4 is 23.4 Å². The lowest BCUT2D eigenvalue weighted by atomic mass is 9.70. The third-order valence-electron chi connectivity index (χ3n) is 4.83. The van der Waals surface area contributed by atoms with Crippen molar-refractivity contribution in [3.05, 3.63) is 29.3 Å². The topological polar surface area (TPSA) is 47.3 Å². The lowest BCUT2D eigenvalue weighted by molar-refractivity contribution is -0.146. The average Bonchev–Trinajstić information content (AvgIpc) is 2.48. The standard InChI is InChI=1S/C16H23ClN2OS/c17-13-4-1-2-5-15(13)21-11-14(19-18)12-6-9-20-16(10-12)7-3-8-16/h1-2,4-5,12,14,19H,3,6-11,18H2. The van der Waals surface area contributed by atoms with Gasteiger partial charge in [0.15, 0.2) is 0 Å². The van der Waals surface area contributed by atoms with Gasteiger partial charge in [-0.05, 0) is 50.2 Å². The molecule has 1 spiro atoms. The van der Waals surface area contributed by atoms with Crippen LogP contribution in [-0.2, 0) is 4.74 Å². The molecule has 0 radical (unpaired) electrons. The van der Waals surface area contributed by atoms with Crippen molar-refractivity contribution in [3.63, 3.8) is 0 Å². The second kappa shape index (κ2) is 6.88. The van der Waals surface area contributed by atoms with Gasteiger partial charge in [0.2, 0.25) is 0 Å². The number of nitrogens with two attached hydrogens (primary N) is 1. The average molecular weight is 327 g/mol. The van der Waals surface area contributed by atoms with Crippen molar-refractivity contribution in [1.29, 1.82) is 0 Å². The second-order valence-corrected chi connectivity index (χ2v) is 7.62. The third-order valence-corrected chi connectivity index (χ3v) is 6.47. The van der Waals surface area contributed by atoms with E-state index in [1.807, 2.05) is 18.2 Å². The monoisotopic (exact) mass is 326 g/mol. The Morgan fingerprint density at radius 3 is 2.90 bits per heavy atom. The number of benzene rings is 1. The molecular formula is C16H23ClN2OS. The number of hydrogen-bond donors (Lipinski definition) is 2. The van der Waals surface area contributed by atoms with Crippen LogP contribution in [0.5, 0.6) is 0 Å². The van der Waals surface area contributed by atoms with Crippen LogP contribution in [0.4, 0.5) is 0 Å². The molecule has 0 aromatic heterocycles. The second-order valence-electron chi connectivity index (χ2n) is 6.15. The van der Waals surface area contributed by atoms with Gasteiger partial charge in [-0.15, -0.1) is 11.8 Å². The summed E-state index contributed by atoms with van der Waals surface area (Å²) in [4.78, 5) is 1.13. The van der Waals surface area contributed by atoms with Gasteiger partial charge in [0.1, 0.15) is 0 Å². The number of halogens is 1. The highest BCUT2D eigenvalue weighted by atomic mass is 35.5. The van der Waals surface area contributed by atoms with Crippen LogP contribution < -0.4 is 11.3 Å². The predicted molar refractivity (Wildman–Crippen MR) is 88.5 cm³/mol. The highest BCUT2D eigenvalue weighted by Gasteiger charge is 2.44. The van der Waals surface area contributed by atoms with E-state index in [-0.39, 0.29) is 5.60 Å². The van der Waals surface area contributed by atoms with E-state index in [0.717, 1.165) is 35.1 Å². The molecule has 1 saturated carbocycles. The summed E-state index contributed by atoms with van der Waals surface area (Å²) in [6.07, 6.45) is 5.99. The Hall–Kier alpha value is -0.260. The first-order chi connectivity index (χ1) is 10.2. The molecular weight excluding hydrogens is 304 g/mol. The maximum atomic E-state index is 6.22. The zero-order valence-electron chi connectivity index (χ0n) is 12.2. The molecule has 2 aliphatic rings. The minimum atomic E-state index is 0.174. The van der Waals surface area contributed by atoms with Crippen molar-refractivity contribution in [2.24, 2.45) is 11.8 Å². The Labute approximate surface area is 135 Å². The van der Waals surface area contributed by atoms with E-state index in [1.165, 1.54) is 19.3 Å². The molecule has 0 bridgehead atoms. The first kappa shape index (κ1) is 15.6. The summed E-state index contributed by atoms with van der Waals surface area (Å²) in [5.74, 6) is 7.36. The highest BCUT2D eigenvalue weighted by molar-refractivity contribution is 7.99. The minimum absolute atomic E-state index is 0.174. The summed E-state index contributed by atoms with van der Waals surface area (Å²) in [6, 6.07) is 8.30. The Morgan fingerprint density at radius 1 is 1.43 bits per heavy atom. The molecule has 1 saturated heterocycles. The molecule has 1 heterocycles. The van der Waals surface area contributed by atoms with E-state index in [9.17, 15) is 0 Å². The van der Waals surface area contributed by atoms with Crippen LogP contribution in [0, 0.1) is 5.92 Å². The van der Waals surface area contributed by atoms with Gasteiger partial charge in [0, 0.05) is 23.3 Å². The smallest absolute Gasteiger partial charge is 0.0685 e. The number of thioether (sulfide) groups is 1. The van der Waals surface area contributed by atoms with Gasteiger partial charge in [-0.3, -0.25) is 11.3 Å². The van der Waals surface area contributed by atoms with E-state index in [1.54, 1.807) is 11.8 Å². The number of ether oxygens (including phenoxy) is 1. The summed E-state index contributed by atoms with van der Waals surface area (Å²) in [7, 11) is 0. The van der Waals surface area contributed by atoms with Crippen molar-refractivity contribution in [3.8, 4) is 0 Å². The van der Waals surface area contributed by atoms with Gasteiger partial charge in [-0.25, -0.2) is 0 Å². The fourth-order valence-electron chi connectivity index (χ4n) is 3.39. The molecule has 2 fully saturated rings. The lowest BCUT2D eigenvalue weighted by Crippen LogP contribution is -2.52. The molecule has 3 rings (SSSR count). The molecule has 1 aromatic rings. The first-order valence-corrected chi connectivity index (χ1v) is 9.06. The Kier molecular flexibility index (Phi) is 5.12. The highest BCUT2D eigenvalue weighted by Crippen LogP contribution is 2.45. The van der Waals surface area contributed by atoms with Gasteiger partial charge in [0.25, 0.3) is 0 Å². The van der Waals surface area contributed by atoms with Crippen LogP contribution >= 0.6 is 23.4 Å². The number of hydrazine groups is 1. The largest absolute Gasteiger partial charge is 0.375 e. The van der Waals surface area contributed by atoms with Crippen LogP contribution in [0.3, 0.4) is 0 Å². The Morgan fingerprint density at radius 2 is 2.24 bits per heavy atom. The van der Waals surface area contributed by atoms with Crippen molar-refractivity contribution < 1.29 is 4.74 Å². The molecule has 21 heavy (non-hydrogen) atoms. The molecule has 1 aromatic carbocycles. The van der Waals surface area contributed by atoms with E-state index < -0.39 is 0 Å². The summed E-state index contributed by atoms with van der Waals surface area (Å²) in [5, 5.41) is 0.820.